The van der Waals surface area contributed by atoms with Crippen LogP contribution in [0.25, 0.3) is 10.9 Å². The first-order valence-corrected chi connectivity index (χ1v) is 3.44. The van der Waals surface area contributed by atoms with Gasteiger partial charge in [0.15, 0.2) is 0 Å². The Hall–Kier alpha value is -0.771. The molecule has 1 aromatic heterocycles. The number of pyridine rings is 1. The van der Waals surface area contributed by atoms with Crippen molar-refractivity contribution in [3.63, 3.8) is 0 Å². The van der Waals surface area contributed by atoms with Crippen LogP contribution in [0.4, 0.5) is 0 Å². The van der Waals surface area contributed by atoms with Crippen LogP contribution in [-0.2, 0) is 0 Å². The number of aromatic nitrogens is 1. The van der Waals surface area contributed by atoms with Crippen LogP contribution < -0.4 is 5.56 Å². The molecule has 62 valence electrons. The molecule has 1 aromatic carbocycles. The molecule has 0 unspecified atom stereocenters. The summed E-state index contributed by atoms with van der Waals surface area (Å²) in [5.74, 6) is 0. The third kappa shape index (κ3) is 1.69. The molecule has 1 N–H and O–H groups in total. The van der Waals surface area contributed by atoms with Gasteiger partial charge in [-0.3, -0.25) is 4.79 Å². The van der Waals surface area contributed by atoms with Gasteiger partial charge in [0.1, 0.15) is 0 Å². The van der Waals surface area contributed by atoms with Crippen molar-refractivity contribution in [2.45, 2.75) is 0 Å². The number of aromatic amines is 1. The van der Waals surface area contributed by atoms with Gasteiger partial charge in [-0.25, -0.2) is 0 Å². The van der Waals surface area contributed by atoms with Crippen molar-refractivity contribution in [2.24, 2.45) is 0 Å². The Balaban J connectivity index is 0.000000720. The predicted molar refractivity (Wildman–Crippen MR) is 55.9 cm³/mol. The van der Waals surface area contributed by atoms with Crippen LogP contribution in [0.15, 0.2) is 41.2 Å². The molecule has 0 saturated heterocycles. The number of hydrogen-bond acceptors (Lipinski definition) is 1. The molecule has 2 nitrogen and oxygen atoms in total. The molecular weight excluding hydrogens is 257 g/mol. The molecule has 1 heterocycles. The molecule has 0 atom stereocenters. The quantitative estimate of drug-likeness (QED) is 0.674. The average molecular weight is 268 g/mol. The predicted octanol–water partition coefficient (Wildman–Crippen LogP) is 0.0765. The second-order valence-electron chi connectivity index (χ2n) is 2.41. The van der Waals surface area contributed by atoms with E-state index in [-0.39, 0.29) is 29.5 Å². The van der Waals surface area contributed by atoms with Crippen LogP contribution in [0.3, 0.4) is 0 Å². The summed E-state index contributed by atoms with van der Waals surface area (Å²) in [5.41, 5.74) is 0.837. The molecule has 0 fully saturated rings. The number of hydrogen-bond donors (Lipinski definition) is 1. The molecule has 0 aliphatic carbocycles. The summed E-state index contributed by atoms with van der Waals surface area (Å²) in [6.07, 6.45) is 0. The zero-order chi connectivity index (χ0) is 7.68. The summed E-state index contributed by atoms with van der Waals surface area (Å²) in [7, 11) is 0. The van der Waals surface area contributed by atoms with Crippen LogP contribution in [0.2, 0.25) is 0 Å². The van der Waals surface area contributed by atoms with Crippen molar-refractivity contribution in [3.8, 4) is 0 Å². The Labute approximate surface area is 86.6 Å². The summed E-state index contributed by atoms with van der Waals surface area (Å²) in [4.78, 5) is 13.6. The van der Waals surface area contributed by atoms with E-state index in [2.05, 4.69) is 4.98 Å². The van der Waals surface area contributed by atoms with E-state index < -0.39 is 0 Å². The Kier molecular flexibility index (Phi) is 2.92. The fraction of sp³-hybridized carbons (Fsp3) is 0. The summed E-state index contributed by atoms with van der Waals surface area (Å²) in [6, 6.07) is 11.0. The van der Waals surface area contributed by atoms with Crippen LogP contribution in [-0.4, -0.2) is 28.9 Å². The second-order valence-corrected chi connectivity index (χ2v) is 2.41. The molecule has 0 radical (unpaired) electrons. The van der Waals surface area contributed by atoms with Crippen LogP contribution in [0, 0.1) is 0 Å². The van der Waals surface area contributed by atoms with Gasteiger partial charge >= 0.3 is 23.9 Å². The van der Waals surface area contributed by atoms with E-state index in [4.69, 9.17) is 0 Å². The van der Waals surface area contributed by atoms with Crippen molar-refractivity contribution in [3.05, 3.63) is 46.8 Å². The van der Waals surface area contributed by atoms with E-state index in [0.29, 0.717) is 0 Å². The molecule has 0 aliphatic heterocycles. The Morgan fingerprint density at radius 3 is 2.58 bits per heavy atom. The molecule has 0 bridgehead atoms. The van der Waals surface area contributed by atoms with Crippen molar-refractivity contribution < 1.29 is 0 Å². The number of nitrogens with one attached hydrogen (secondary N) is 1. The summed E-state index contributed by atoms with van der Waals surface area (Å²) in [5, 5.41) is 1.06. The summed E-state index contributed by atoms with van der Waals surface area (Å²) in [6.45, 7) is 0. The van der Waals surface area contributed by atoms with Gasteiger partial charge in [-0.05, 0) is 17.5 Å². The number of fused-ring (bicyclic) bond motifs is 1. The number of rotatable bonds is 0. The summed E-state index contributed by atoms with van der Waals surface area (Å²) >= 11 is 0. The van der Waals surface area contributed by atoms with E-state index >= 15 is 0 Å². The van der Waals surface area contributed by atoms with E-state index in [9.17, 15) is 4.79 Å². The van der Waals surface area contributed by atoms with Gasteiger partial charge in [0, 0.05) is 11.6 Å². The Morgan fingerprint density at radius 1 is 1.00 bits per heavy atom. The minimum absolute atomic E-state index is 0. The maximum atomic E-state index is 10.8. The van der Waals surface area contributed by atoms with Gasteiger partial charge < -0.3 is 4.98 Å². The third-order valence-corrected chi connectivity index (χ3v) is 1.63. The number of benzene rings is 1. The zero-order valence-corrected chi connectivity index (χ0v) is 5.87. The molecule has 2 aromatic rings. The fourth-order valence-corrected chi connectivity index (χ4v) is 1.10. The minimum atomic E-state index is -0.0521. The summed E-state index contributed by atoms with van der Waals surface area (Å²) < 4.78 is 0. The second kappa shape index (κ2) is 3.76. The standard InChI is InChI=1S/C9H7NO.Sn.4H/c11-9-6-5-7-3-1-2-4-8(7)10-9;;;;;/h1-6H,(H,10,11);;;;;. The van der Waals surface area contributed by atoms with Crippen molar-refractivity contribution in [1.29, 1.82) is 0 Å². The van der Waals surface area contributed by atoms with Gasteiger partial charge in [0.25, 0.3) is 0 Å². The number of H-pyrrole nitrogens is 1. The zero-order valence-electron chi connectivity index (χ0n) is 5.87. The first kappa shape index (κ1) is 9.32. The SMILES string of the molecule is O=c1ccc2ccccc2[nH]1.[SnH4]. The van der Waals surface area contributed by atoms with Gasteiger partial charge in [-0.1, -0.05) is 18.2 Å². The molecule has 2 rings (SSSR count). The molecule has 0 spiro atoms. The molecule has 12 heavy (non-hydrogen) atoms. The maximum absolute atomic E-state index is 10.8. The monoisotopic (exact) mass is 269 g/mol. The van der Waals surface area contributed by atoms with Crippen molar-refractivity contribution in [1.82, 2.24) is 4.98 Å². The van der Waals surface area contributed by atoms with Gasteiger partial charge in [0.2, 0.25) is 5.56 Å². The normalized spacial score (nSPS) is 9.33. The van der Waals surface area contributed by atoms with E-state index in [1.54, 1.807) is 0 Å². The fourth-order valence-electron chi connectivity index (χ4n) is 1.10. The van der Waals surface area contributed by atoms with Crippen LogP contribution in [0.1, 0.15) is 0 Å². The molecule has 0 aliphatic rings. The van der Waals surface area contributed by atoms with E-state index in [1.165, 1.54) is 6.07 Å². The topological polar surface area (TPSA) is 32.9 Å². The Bertz CT molecular complexity index is 435. The van der Waals surface area contributed by atoms with Gasteiger partial charge in [0.05, 0.1) is 0 Å². The average Bonchev–Trinajstić information content (AvgIpc) is 2.04. The van der Waals surface area contributed by atoms with Crippen LogP contribution >= 0.6 is 0 Å². The van der Waals surface area contributed by atoms with Gasteiger partial charge in [-0.2, -0.15) is 0 Å². The Morgan fingerprint density at radius 2 is 1.75 bits per heavy atom. The third-order valence-electron chi connectivity index (χ3n) is 1.63. The molecule has 3 heteroatoms. The van der Waals surface area contributed by atoms with Crippen molar-refractivity contribution >= 4 is 34.8 Å². The first-order valence-electron chi connectivity index (χ1n) is 3.44. The van der Waals surface area contributed by atoms with E-state index in [0.717, 1.165) is 10.9 Å². The molecule has 0 amide bonds. The van der Waals surface area contributed by atoms with Crippen LogP contribution in [0.5, 0.6) is 0 Å². The van der Waals surface area contributed by atoms with Gasteiger partial charge in [-0.15, -0.1) is 0 Å². The first-order chi connectivity index (χ1) is 5.36. The molecule has 0 saturated carbocycles. The van der Waals surface area contributed by atoms with Crippen molar-refractivity contribution in [2.75, 3.05) is 0 Å². The molecular formula is C9H11NOSn. The van der Waals surface area contributed by atoms with E-state index in [1.807, 2.05) is 30.3 Å². The number of para-hydroxylation sites is 1.